The Bertz CT molecular complexity index is 1100. The Morgan fingerprint density at radius 2 is 1.97 bits per heavy atom. The molecule has 3 aromatic rings. The zero-order chi connectivity index (χ0) is 21.4. The highest BCUT2D eigenvalue weighted by atomic mass is 35.5. The summed E-state index contributed by atoms with van der Waals surface area (Å²) in [4.78, 5) is 12.4. The molecule has 1 N–H and O–H groups in total. The quantitative estimate of drug-likeness (QED) is 0.550. The Hall–Kier alpha value is -2.93. The standard InChI is InChI=1S/C23H23ClN2O5/c24-17-11-20-19(30-13-31-20)10-15(17)9-16-21(18-7-4-8-29-18)25-26(22(16)23(27)28)12-14-5-2-1-3-6-14/h4,7-8,10-11,14H,1-3,5-6,9,12-13H2,(H,27,28). The Morgan fingerprint density at radius 1 is 1.19 bits per heavy atom. The van der Waals surface area contributed by atoms with Crippen molar-refractivity contribution >= 4 is 17.6 Å². The molecule has 1 aliphatic heterocycles. The normalized spacial score (nSPS) is 16.0. The van der Waals surface area contributed by atoms with Gasteiger partial charge >= 0.3 is 5.97 Å². The Kier molecular flexibility index (Phi) is 5.36. The molecule has 1 fully saturated rings. The molecule has 0 bridgehead atoms. The summed E-state index contributed by atoms with van der Waals surface area (Å²) in [7, 11) is 0. The van der Waals surface area contributed by atoms with E-state index in [1.54, 1.807) is 35.2 Å². The molecule has 0 saturated heterocycles. The predicted molar refractivity (Wildman–Crippen MR) is 114 cm³/mol. The molecule has 3 heterocycles. The number of aromatic nitrogens is 2. The highest BCUT2D eigenvalue weighted by molar-refractivity contribution is 6.31. The minimum atomic E-state index is -1.01. The lowest BCUT2D eigenvalue weighted by Gasteiger charge is -2.21. The number of benzene rings is 1. The number of aromatic carboxylic acids is 1. The van der Waals surface area contributed by atoms with Gasteiger partial charge in [-0.25, -0.2) is 4.79 Å². The van der Waals surface area contributed by atoms with Crippen LogP contribution in [0.4, 0.5) is 0 Å². The van der Waals surface area contributed by atoms with E-state index in [0.717, 1.165) is 18.4 Å². The van der Waals surface area contributed by atoms with Crippen LogP contribution in [0.15, 0.2) is 34.9 Å². The van der Waals surface area contributed by atoms with Crippen LogP contribution in [0.25, 0.3) is 11.5 Å². The third-order valence-corrected chi connectivity index (χ3v) is 6.42. The fourth-order valence-electron chi connectivity index (χ4n) is 4.55. The van der Waals surface area contributed by atoms with E-state index in [9.17, 15) is 9.90 Å². The first-order chi connectivity index (χ1) is 15.1. The maximum absolute atomic E-state index is 12.4. The topological polar surface area (TPSA) is 86.7 Å². The second-order valence-corrected chi connectivity index (χ2v) is 8.53. The maximum atomic E-state index is 12.4. The van der Waals surface area contributed by atoms with Gasteiger partial charge < -0.3 is 19.0 Å². The molecule has 0 atom stereocenters. The highest BCUT2D eigenvalue weighted by Crippen LogP contribution is 2.39. The van der Waals surface area contributed by atoms with Crippen LogP contribution < -0.4 is 9.47 Å². The van der Waals surface area contributed by atoms with Crippen molar-refractivity contribution in [3.63, 3.8) is 0 Å². The minimum Gasteiger partial charge on any atom is -0.477 e. The molecule has 5 rings (SSSR count). The summed E-state index contributed by atoms with van der Waals surface area (Å²) < 4.78 is 18.1. The summed E-state index contributed by atoms with van der Waals surface area (Å²) in [6, 6.07) is 7.08. The lowest BCUT2D eigenvalue weighted by Crippen LogP contribution is -2.19. The van der Waals surface area contributed by atoms with E-state index >= 15 is 0 Å². The number of rotatable bonds is 6. The molecule has 1 aromatic carbocycles. The molecule has 0 spiro atoms. The molecule has 1 saturated carbocycles. The lowest BCUT2D eigenvalue weighted by molar-refractivity contribution is 0.0680. The van der Waals surface area contributed by atoms with Crippen LogP contribution in [-0.2, 0) is 13.0 Å². The number of nitrogens with zero attached hydrogens (tertiary/aromatic N) is 2. The third kappa shape index (κ3) is 3.90. The van der Waals surface area contributed by atoms with Gasteiger partial charge in [-0.3, -0.25) is 4.68 Å². The molecule has 162 valence electrons. The molecular weight excluding hydrogens is 420 g/mol. The van der Waals surface area contributed by atoms with Crippen LogP contribution in [0.3, 0.4) is 0 Å². The average molecular weight is 443 g/mol. The van der Waals surface area contributed by atoms with Gasteiger partial charge in [-0.15, -0.1) is 0 Å². The van der Waals surface area contributed by atoms with Crippen molar-refractivity contribution in [2.75, 3.05) is 6.79 Å². The molecule has 31 heavy (non-hydrogen) atoms. The van der Waals surface area contributed by atoms with E-state index in [4.69, 9.17) is 30.6 Å². The van der Waals surface area contributed by atoms with Crippen LogP contribution >= 0.6 is 11.6 Å². The van der Waals surface area contributed by atoms with Gasteiger partial charge in [0, 0.05) is 29.6 Å². The maximum Gasteiger partial charge on any atom is 0.354 e. The zero-order valence-electron chi connectivity index (χ0n) is 17.0. The molecule has 2 aromatic heterocycles. The highest BCUT2D eigenvalue weighted by Gasteiger charge is 2.28. The number of carbonyl (C=O) groups is 1. The molecule has 8 heteroatoms. The van der Waals surface area contributed by atoms with Crippen molar-refractivity contribution in [1.29, 1.82) is 0 Å². The van der Waals surface area contributed by atoms with Crippen LogP contribution in [0.1, 0.15) is 53.7 Å². The first-order valence-corrected chi connectivity index (χ1v) is 10.9. The second kappa shape index (κ2) is 8.30. The van der Waals surface area contributed by atoms with Crippen molar-refractivity contribution in [2.24, 2.45) is 5.92 Å². The number of carboxylic acids is 1. The van der Waals surface area contributed by atoms with Crippen LogP contribution in [0.5, 0.6) is 11.5 Å². The van der Waals surface area contributed by atoms with Crippen LogP contribution in [0.2, 0.25) is 5.02 Å². The van der Waals surface area contributed by atoms with Gasteiger partial charge in [0.2, 0.25) is 6.79 Å². The average Bonchev–Trinajstić information content (AvgIpc) is 3.49. The van der Waals surface area contributed by atoms with E-state index in [-0.39, 0.29) is 18.9 Å². The van der Waals surface area contributed by atoms with E-state index in [2.05, 4.69) is 0 Å². The first-order valence-electron chi connectivity index (χ1n) is 10.5. The van der Waals surface area contributed by atoms with Gasteiger partial charge in [-0.05, 0) is 42.5 Å². The number of fused-ring (bicyclic) bond motifs is 1. The molecular formula is C23H23ClN2O5. The summed E-state index contributed by atoms with van der Waals surface area (Å²) in [5, 5.41) is 15.3. The number of hydrogen-bond acceptors (Lipinski definition) is 5. The monoisotopic (exact) mass is 442 g/mol. The van der Waals surface area contributed by atoms with Crippen molar-refractivity contribution in [2.45, 2.75) is 45.1 Å². The molecule has 7 nitrogen and oxygen atoms in total. The molecule has 0 radical (unpaired) electrons. The largest absolute Gasteiger partial charge is 0.477 e. The fraction of sp³-hybridized carbons (Fsp3) is 0.391. The van der Waals surface area contributed by atoms with Crippen molar-refractivity contribution in [1.82, 2.24) is 9.78 Å². The summed E-state index contributed by atoms with van der Waals surface area (Å²) in [5.74, 6) is 1.15. The van der Waals surface area contributed by atoms with Gasteiger partial charge in [0.1, 0.15) is 5.69 Å². The van der Waals surface area contributed by atoms with Gasteiger partial charge in [-0.1, -0.05) is 30.9 Å². The van der Waals surface area contributed by atoms with E-state index in [0.29, 0.717) is 46.0 Å². The molecule has 1 aliphatic carbocycles. The van der Waals surface area contributed by atoms with Gasteiger partial charge in [-0.2, -0.15) is 5.10 Å². The van der Waals surface area contributed by atoms with E-state index < -0.39 is 5.97 Å². The Balaban J connectivity index is 1.58. The number of furan rings is 1. The zero-order valence-corrected chi connectivity index (χ0v) is 17.7. The smallest absolute Gasteiger partial charge is 0.354 e. The van der Waals surface area contributed by atoms with Crippen LogP contribution in [0, 0.1) is 5.92 Å². The lowest BCUT2D eigenvalue weighted by atomic mass is 9.89. The summed E-state index contributed by atoms with van der Waals surface area (Å²) >= 11 is 6.50. The number of halogens is 1. The molecule has 0 amide bonds. The second-order valence-electron chi connectivity index (χ2n) is 8.12. The van der Waals surface area contributed by atoms with Gasteiger partial charge in [0.15, 0.2) is 23.0 Å². The Morgan fingerprint density at radius 3 is 2.68 bits per heavy atom. The van der Waals surface area contributed by atoms with Crippen LogP contribution in [-0.4, -0.2) is 27.6 Å². The minimum absolute atomic E-state index is 0.145. The Labute approximate surface area is 184 Å². The summed E-state index contributed by atoms with van der Waals surface area (Å²) in [5.41, 5.74) is 2.05. The van der Waals surface area contributed by atoms with Gasteiger partial charge in [0.05, 0.1) is 6.26 Å². The molecule has 0 unspecified atom stereocenters. The molecule has 2 aliphatic rings. The number of ether oxygens (including phenoxy) is 2. The van der Waals surface area contributed by atoms with E-state index in [1.165, 1.54) is 19.3 Å². The number of hydrogen-bond donors (Lipinski definition) is 1. The summed E-state index contributed by atoms with van der Waals surface area (Å²) in [6.07, 6.45) is 7.65. The van der Waals surface area contributed by atoms with Crippen molar-refractivity contribution < 1.29 is 23.8 Å². The predicted octanol–water partition coefficient (Wildman–Crippen LogP) is 5.39. The SMILES string of the molecule is O=C(O)c1c(Cc2cc3c(cc2Cl)OCO3)c(-c2ccco2)nn1CC1CCCCC1. The third-order valence-electron chi connectivity index (χ3n) is 6.07. The first kappa shape index (κ1) is 20.0. The van der Waals surface area contributed by atoms with Gasteiger partial charge in [0.25, 0.3) is 0 Å². The number of carboxylic acid groups (broad SMARTS) is 1. The fourth-order valence-corrected chi connectivity index (χ4v) is 4.77. The van der Waals surface area contributed by atoms with Crippen molar-refractivity contribution in [3.05, 3.63) is 52.4 Å². The van der Waals surface area contributed by atoms with Crippen molar-refractivity contribution in [3.8, 4) is 23.0 Å². The summed E-state index contributed by atoms with van der Waals surface area (Å²) in [6.45, 7) is 0.733. The van der Waals surface area contributed by atoms with E-state index in [1.807, 2.05) is 0 Å².